The average molecular weight is 367 g/mol. The van der Waals surface area contributed by atoms with E-state index in [1.165, 1.54) is 22.3 Å². The fraction of sp³-hybridized carbons (Fsp3) is 0.333. The van der Waals surface area contributed by atoms with Crippen molar-refractivity contribution in [1.82, 2.24) is 5.32 Å². The molecule has 0 radical (unpaired) electrons. The quantitative estimate of drug-likeness (QED) is 0.729. The van der Waals surface area contributed by atoms with Gasteiger partial charge in [-0.05, 0) is 73.3 Å². The van der Waals surface area contributed by atoms with Crippen LogP contribution in [0.2, 0.25) is 5.02 Å². The van der Waals surface area contributed by atoms with E-state index in [0.29, 0.717) is 0 Å². The first-order valence-electron chi connectivity index (χ1n) is 7.20. The van der Waals surface area contributed by atoms with Gasteiger partial charge in [0, 0.05) is 9.50 Å². The molecule has 1 N–H and O–H groups in total. The summed E-state index contributed by atoms with van der Waals surface area (Å²) in [7, 11) is 0. The lowest BCUT2D eigenvalue weighted by atomic mass is 9.91. The summed E-state index contributed by atoms with van der Waals surface area (Å²) in [5.74, 6) is 0. The Morgan fingerprint density at radius 1 is 1.00 bits per heavy atom. The molecule has 0 aliphatic rings. The molecule has 0 aromatic heterocycles. The van der Waals surface area contributed by atoms with Gasteiger partial charge in [-0.1, -0.05) is 46.6 Å². The first kappa shape index (κ1) is 16.5. The predicted octanol–water partition coefficient (Wildman–Crippen LogP) is 5.73. The number of hydrogen-bond acceptors (Lipinski definition) is 1. The summed E-state index contributed by atoms with van der Waals surface area (Å²) in [4.78, 5) is 0. The molecule has 0 heterocycles. The Hall–Kier alpha value is -0.830. The third kappa shape index (κ3) is 3.68. The van der Waals surface area contributed by atoms with E-state index >= 15 is 0 Å². The zero-order valence-corrected chi connectivity index (χ0v) is 15.3. The lowest BCUT2D eigenvalue weighted by molar-refractivity contribution is 0.624. The minimum atomic E-state index is 0.184. The number of benzene rings is 2. The van der Waals surface area contributed by atoms with E-state index in [9.17, 15) is 0 Å². The van der Waals surface area contributed by atoms with Gasteiger partial charge >= 0.3 is 0 Å². The number of rotatable bonds is 4. The molecule has 1 nitrogen and oxygen atoms in total. The van der Waals surface area contributed by atoms with E-state index in [4.69, 9.17) is 11.6 Å². The highest BCUT2D eigenvalue weighted by atomic mass is 79.9. The van der Waals surface area contributed by atoms with Crippen LogP contribution in [-0.4, -0.2) is 6.54 Å². The van der Waals surface area contributed by atoms with Gasteiger partial charge in [0.25, 0.3) is 0 Å². The highest BCUT2D eigenvalue weighted by Crippen LogP contribution is 2.32. The maximum absolute atomic E-state index is 6.24. The lowest BCUT2D eigenvalue weighted by Gasteiger charge is -2.24. The average Bonchev–Trinajstić information content (AvgIpc) is 2.43. The summed E-state index contributed by atoms with van der Waals surface area (Å²) >= 11 is 9.83. The van der Waals surface area contributed by atoms with Crippen molar-refractivity contribution in [2.45, 2.75) is 33.7 Å². The van der Waals surface area contributed by atoms with Gasteiger partial charge in [-0.3, -0.25) is 0 Å². The fourth-order valence-corrected chi connectivity index (χ4v) is 3.23. The van der Waals surface area contributed by atoms with E-state index in [1.54, 1.807) is 0 Å². The first-order valence-corrected chi connectivity index (χ1v) is 8.37. The molecule has 0 aliphatic carbocycles. The molecule has 0 aliphatic heterocycles. The monoisotopic (exact) mass is 365 g/mol. The molecule has 0 saturated heterocycles. The summed E-state index contributed by atoms with van der Waals surface area (Å²) in [6.45, 7) is 9.39. The van der Waals surface area contributed by atoms with Crippen molar-refractivity contribution < 1.29 is 0 Å². The maximum Gasteiger partial charge on any atom is 0.0582 e. The van der Waals surface area contributed by atoms with Crippen LogP contribution in [0.4, 0.5) is 0 Å². The molecule has 0 amide bonds. The van der Waals surface area contributed by atoms with E-state index < -0.39 is 0 Å². The summed E-state index contributed by atoms with van der Waals surface area (Å²) in [6.07, 6.45) is 0. The Labute approximate surface area is 140 Å². The highest BCUT2D eigenvalue weighted by Gasteiger charge is 2.18. The van der Waals surface area contributed by atoms with Crippen molar-refractivity contribution >= 4 is 27.5 Å². The number of nitrogens with one attached hydrogen (secondary N) is 1. The van der Waals surface area contributed by atoms with Gasteiger partial charge in [0.1, 0.15) is 0 Å². The van der Waals surface area contributed by atoms with Gasteiger partial charge in [-0.2, -0.15) is 0 Å². The van der Waals surface area contributed by atoms with E-state index in [1.807, 2.05) is 0 Å². The van der Waals surface area contributed by atoms with Crippen molar-refractivity contribution in [3.05, 3.63) is 67.6 Å². The Morgan fingerprint density at radius 3 is 2.33 bits per heavy atom. The van der Waals surface area contributed by atoms with Crippen LogP contribution in [-0.2, 0) is 0 Å². The van der Waals surface area contributed by atoms with Gasteiger partial charge in [-0.15, -0.1) is 0 Å². The molecule has 0 fully saturated rings. The van der Waals surface area contributed by atoms with Gasteiger partial charge < -0.3 is 5.32 Å². The minimum Gasteiger partial charge on any atom is -0.307 e. The van der Waals surface area contributed by atoms with E-state index in [2.05, 4.69) is 79.3 Å². The molecular formula is C18H21BrClN. The molecule has 2 aromatic carbocycles. The van der Waals surface area contributed by atoms with Crippen molar-refractivity contribution in [3.63, 3.8) is 0 Å². The second-order valence-corrected chi connectivity index (χ2v) is 6.77. The summed E-state index contributed by atoms with van der Waals surface area (Å²) in [6, 6.07) is 10.9. The van der Waals surface area contributed by atoms with Crippen molar-refractivity contribution in [1.29, 1.82) is 0 Å². The van der Waals surface area contributed by atoms with Gasteiger partial charge in [-0.25, -0.2) is 0 Å². The van der Waals surface area contributed by atoms with Crippen molar-refractivity contribution in [2.75, 3.05) is 6.54 Å². The minimum absolute atomic E-state index is 0.184. The third-order valence-electron chi connectivity index (χ3n) is 3.82. The third-order valence-corrected chi connectivity index (χ3v) is 4.72. The zero-order valence-electron chi connectivity index (χ0n) is 12.9. The van der Waals surface area contributed by atoms with Crippen LogP contribution in [0.3, 0.4) is 0 Å². The molecule has 0 bridgehead atoms. The van der Waals surface area contributed by atoms with Crippen LogP contribution in [0.25, 0.3) is 0 Å². The second kappa shape index (κ2) is 6.95. The molecule has 2 aromatic rings. The maximum atomic E-state index is 6.24. The number of hydrogen-bond donors (Lipinski definition) is 1. The van der Waals surface area contributed by atoms with Crippen molar-refractivity contribution in [2.24, 2.45) is 0 Å². The standard InChI is InChI=1S/C18H21BrClN/c1-5-21-18(16-10-14(19)7-6-11(16)2)15-8-13(4)17(20)9-12(15)3/h6-10,18,21H,5H2,1-4H3. The largest absolute Gasteiger partial charge is 0.307 e. The molecule has 2 rings (SSSR count). The molecule has 0 spiro atoms. The predicted molar refractivity (Wildman–Crippen MR) is 95.3 cm³/mol. The van der Waals surface area contributed by atoms with Crippen LogP contribution >= 0.6 is 27.5 Å². The second-order valence-electron chi connectivity index (χ2n) is 5.45. The SMILES string of the molecule is CCNC(c1cc(Br)ccc1C)c1cc(C)c(Cl)cc1C. The molecule has 1 unspecified atom stereocenters. The lowest BCUT2D eigenvalue weighted by Crippen LogP contribution is -2.23. The van der Waals surface area contributed by atoms with E-state index in [0.717, 1.165) is 21.6 Å². The van der Waals surface area contributed by atoms with Gasteiger partial charge in [0.15, 0.2) is 0 Å². The topological polar surface area (TPSA) is 12.0 Å². The Kier molecular flexibility index (Phi) is 5.48. The van der Waals surface area contributed by atoms with Crippen LogP contribution in [0.1, 0.15) is 40.8 Å². The molecular weight excluding hydrogens is 346 g/mol. The normalized spacial score (nSPS) is 12.5. The Bertz CT molecular complexity index is 652. The molecule has 21 heavy (non-hydrogen) atoms. The fourth-order valence-electron chi connectivity index (χ4n) is 2.63. The molecule has 1 atom stereocenters. The molecule has 3 heteroatoms. The Morgan fingerprint density at radius 2 is 1.67 bits per heavy atom. The molecule has 112 valence electrons. The van der Waals surface area contributed by atoms with Gasteiger partial charge in [0.2, 0.25) is 0 Å². The van der Waals surface area contributed by atoms with Gasteiger partial charge in [0.05, 0.1) is 6.04 Å². The molecule has 0 saturated carbocycles. The van der Waals surface area contributed by atoms with Crippen LogP contribution in [0.15, 0.2) is 34.8 Å². The van der Waals surface area contributed by atoms with Crippen LogP contribution < -0.4 is 5.32 Å². The number of halogens is 2. The highest BCUT2D eigenvalue weighted by molar-refractivity contribution is 9.10. The smallest absolute Gasteiger partial charge is 0.0582 e. The Balaban J connectivity index is 2.58. The van der Waals surface area contributed by atoms with Crippen molar-refractivity contribution in [3.8, 4) is 0 Å². The zero-order chi connectivity index (χ0) is 15.6. The van der Waals surface area contributed by atoms with Crippen LogP contribution in [0, 0.1) is 20.8 Å². The summed E-state index contributed by atoms with van der Waals surface area (Å²) in [5.41, 5.74) is 6.22. The summed E-state index contributed by atoms with van der Waals surface area (Å²) in [5, 5.41) is 4.44. The van der Waals surface area contributed by atoms with Crippen LogP contribution in [0.5, 0.6) is 0 Å². The first-order chi connectivity index (χ1) is 9.93. The number of aryl methyl sites for hydroxylation is 3. The van der Waals surface area contributed by atoms with E-state index in [-0.39, 0.29) is 6.04 Å². The summed E-state index contributed by atoms with van der Waals surface area (Å²) < 4.78 is 1.11.